The number of benzene rings is 1. The Kier molecular flexibility index (Phi) is 3.84. The average molecular weight is 247 g/mol. The topological polar surface area (TPSA) is 26.0 Å². The van der Waals surface area contributed by atoms with Gasteiger partial charge in [-0.05, 0) is 24.3 Å². The van der Waals surface area contributed by atoms with E-state index in [9.17, 15) is 4.39 Å². The minimum Gasteiger partial charge on any atom is -0.431 e. The smallest absolute Gasteiger partial charge is 0.256 e. The van der Waals surface area contributed by atoms with Gasteiger partial charge in [0.25, 0.3) is 5.22 Å². The molecule has 0 bridgehead atoms. The van der Waals surface area contributed by atoms with Crippen molar-refractivity contribution >= 4 is 11.8 Å². The molecule has 0 amide bonds. The minimum atomic E-state index is -0.267. The van der Waals surface area contributed by atoms with Crippen LogP contribution in [0.15, 0.2) is 40.1 Å². The zero-order chi connectivity index (χ0) is 12.1. The van der Waals surface area contributed by atoms with Gasteiger partial charge in [-0.1, -0.05) is 11.8 Å². The number of halogens is 1. The monoisotopic (exact) mass is 247 g/mol. The molecular formula is C13H10FNOS. The van der Waals surface area contributed by atoms with Crippen molar-refractivity contribution in [2.24, 2.45) is 0 Å². The number of hydrogen-bond donors (Lipinski definition) is 0. The summed E-state index contributed by atoms with van der Waals surface area (Å²) in [5.41, 5.74) is 0.808. The average Bonchev–Trinajstić information content (AvgIpc) is 2.79. The van der Waals surface area contributed by atoms with Crippen LogP contribution in [0.3, 0.4) is 0 Å². The van der Waals surface area contributed by atoms with Crippen molar-refractivity contribution in [2.45, 2.75) is 11.6 Å². The molecule has 1 aromatic heterocycles. The van der Waals surface area contributed by atoms with E-state index in [1.54, 1.807) is 18.3 Å². The zero-order valence-corrected chi connectivity index (χ0v) is 9.84. The van der Waals surface area contributed by atoms with Crippen LogP contribution in [0, 0.1) is 18.2 Å². The summed E-state index contributed by atoms with van der Waals surface area (Å²) in [5, 5.41) is 0.583. The molecule has 0 aliphatic rings. The molecule has 2 nitrogen and oxygen atoms in total. The Labute approximate surface area is 103 Å². The summed E-state index contributed by atoms with van der Waals surface area (Å²) < 4.78 is 18.3. The van der Waals surface area contributed by atoms with Crippen molar-refractivity contribution in [1.29, 1.82) is 0 Å². The predicted molar refractivity (Wildman–Crippen MR) is 66.1 cm³/mol. The van der Waals surface area contributed by atoms with Crippen molar-refractivity contribution in [3.05, 3.63) is 36.3 Å². The van der Waals surface area contributed by atoms with Gasteiger partial charge in [0.05, 0.1) is 6.20 Å². The highest BCUT2D eigenvalue weighted by molar-refractivity contribution is 7.99. The standard InChI is InChI=1S/C13H10FNOS/c1-2-3-8-17-13-15-9-12(16-13)10-4-6-11(14)7-5-10/h1,4-7,9H,3,8H2. The Morgan fingerprint density at radius 2 is 2.12 bits per heavy atom. The molecule has 2 aromatic rings. The maximum absolute atomic E-state index is 12.7. The lowest BCUT2D eigenvalue weighted by Gasteiger charge is -1.95. The molecule has 0 aliphatic heterocycles. The van der Waals surface area contributed by atoms with E-state index in [-0.39, 0.29) is 5.82 Å². The van der Waals surface area contributed by atoms with E-state index in [1.807, 2.05) is 0 Å². The third kappa shape index (κ3) is 3.11. The number of thioether (sulfide) groups is 1. The van der Waals surface area contributed by atoms with Crippen molar-refractivity contribution in [1.82, 2.24) is 4.98 Å². The van der Waals surface area contributed by atoms with E-state index in [2.05, 4.69) is 10.9 Å². The van der Waals surface area contributed by atoms with Gasteiger partial charge in [0, 0.05) is 17.7 Å². The first-order valence-electron chi connectivity index (χ1n) is 5.07. The first-order valence-corrected chi connectivity index (χ1v) is 6.06. The largest absolute Gasteiger partial charge is 0.431 e. The number of aromatic nitrogens is 1. The second-order valence-electron chi connectivity index (χ2n) is 3.30. The Hall–Kier alpha value is -1.73. The van der Waals surface area contributed by atoms with Gasteiger partial charge in [0.1, 0.15) is 5.82 Å². The van der Waals surface area contributed by atoms with Crippen LogP contribution in [-0.2, 0) is 0 Å². The van der Waals surface area contributed by atoms with Crippen LogP contribution in [0.4, 0.5) is 4.39 Å². The summed E-state index contributed by atoms with van der Waals surface area (Å²) in [7, 11) is 0. The quantitative estimate of drug-likeness (QED) is 0.469. The maximum Gasteiger partial charge on any atom is 0.256 e. The van der Waals surface area contributed by atoms with E-state index in [0.29, 0.717) is 17.4 Å². The van der Waals surface area contributed by atoms with Crippen molar-refractivity contribution in [3.8, 4) is 23.7 Å². The second-order valence-corrected chi connectivity index (χ2v) is 4.35. The van der Waals surface area contributed by atoms with Crippen LogP contribution < -0.4 is 0 Å². The van der Waals surface area contributed by atoms with Crippen LogP contribution >= 0.6 is 11.8 Å². The SMILES string of the molecule is C#CCCSc1ncc(-c2ccc(F)cc2)o1. The number of hydrogen-bond acceptors (Lipinski definition) is 3. The molecule has 0 atom stereocenters. The lowest BCUT2D eigenvalue weighted by atomic mass is 10.2. The first kappa shape index (κ1) is 11.7. The lowest BCUT2D eigenvalue weighted by Crippen LogP contribution is -1.76. The van der Waals surface area contributed by atoms with Gasteiger partial charge in [0.15, 0.2) is 5.76 Å². The summed E-state index contributed by atoms with van der Waals surface area (Å²) in [4.78, 5) is 4.12. The Balaban J connectivity index is 2.08. The van der Waals surface area contributed by atoms with Gasteiger partial charge in [-0.2, -0.15) is 0 Å². The molecule has 2 rings (SSSR count). The molecule has 1 aromatic carbocycles. The highest BCUT2D eigenvalue weighted by atomic mass is 32.2. The lowest BCUT2D eigenvalue weighted by molar-refractivity contribution is 0.466. The molecule has 0 saturated heterocycles. The number of nitrogens with zero attached hydrogens (tertiary/aromatic N) is 1. The van der Waals surface area contributed by atoms with Crippen LogP contribution in [-0.4, -0.2) is 10.7 Å². The Bertz CT molecular complexity index is 527. The van der Waals surface area contributed by atoms with Crippen LogP contribution in [0.5, 0.6) is 0 Å². The molecule has 0 N–H and O–H groups in total. The molecule has 17 heavy (non-hydrogen) atoms. The second kappa shape index (κ2) is 5.55. The highest BCUT2D eigenvalue weighted by Crippen LogP contribution is 2.25. The summed E-state index contributed by atoms with van der Waals surface area (Å²) in [6, 6.07) is 6.10. The van der Waals surface area contributed by atoms with E-state index in [1.165, 1.54) is 23.9 Å². The van der Waals surface area contributed by atoms with Crippen LogP contribution in [0.2, 0.25) is 0 Å². The number of terminal acetylenes is 1. The summed E-state index contributed by atoms with van der Waals surface area (Å²) >= 11 is 1.47. The van der Waals surface area contributed by atoms with Crippen molar-refractivity contribution in [2.75, 3.05) is 5.75 Å². The molecule has 86 valence electrons. The van der Waals surface area contributed by atoms with Crippen LogP contribution in [0.1, 0.15) is 6.42 Å². The first-order chi connectivity index (χ1) is 8.29. The highest BCUT2D eigenvalue weighted by Gasteiger charge is 2.06. The molecule has 0 spiro atoms. The minimum absolute atomic E-state index is 0.267. The van der Waals surface area contributed by atoms with Gasteiger partial charge in [-0.25, -0.2) is 9.37 Å². The summed E-state index contributed by atoms with van der Waals surface area (Å²) in [5.74, 6) is 3.69. The third-order valence-electron chi connectivity index (χ3n) is 2.09. The molecule has 0 unspecified atom stereocenters. The fraction of sp³-hybridized carbons (Fsp3) is 0.154. The molecule has 4 heteroatoms. The Morgan fingerprint density at radius 3 is 2.82 bits per heavy atom. The maximum atomic E-state index is 12.7. The normalized spacial score (nSPS) is 10.1. The van der Waals surface area contributed by atoms with Crippen molar-refractivity contribution in [3.63, 3.8) is 0 Å². The van der Waals surface area contributed by atoms with E-state index in [4.69, 9.17) is 10.8 Å². The summed E-state index contributed by atoms with van der Waals surface area (Å²) in [6.45, 7) is 0. The number of rotatable bonds is 4. The predicted octanol–water partition coefficient (Wildman–Crippen LogP) is 3.60. The fourth-order valence-corrected chi connectivity index (χ4v) is 1.94. The number of oxazole rings is 1. The fourth-order valence-electron chi connectivity index (χ4n) is 1.27. The zero-order valence-electron chi connectivity index (χ0n) is 9.02. The molecule has 0 saturated carbocycles. The van der Waals surface area contributed by atoms with E-state index < -0.39 is 0 Å². The molecule has 0 aliphatic carbocycles. The van der Waals surface area contributed by atoms with Crippen molar-refractivity contribution < 1.29 is 8.81 Å². The van der Waals surface area contributed by atoms with Gasteiger partial charge in [-0.15, -0.1) is 12.3 Å². The van der Waals surface area contributed by atoms with Gasteiger partial charge in [0.2, 0.25) is 0 Å². The van der Waals surface area contributed by atoms with E-state index in [0.717, 1.165) is 11.3 Å². The molecule has 1 heterocycles. The van der Waals surface area contributed by atoms with Crippen LogP contribution in [0.25, 0.3) is 11.3 Å². The molecular weight excluding hydrogens is 237 g/mol. The molecule has 0 fully saturated rings. The molecule has 0 radical (unpaired) electrons. The van der Waals surface area contributed by atoms with E-state index >= 15 is 0 Å². The van der Waals surface area contributed by atoms with Gasteiger partial charge >= 0.3 is 0 Å². The third-order valence-corrected chi connectivity index (χ3v) is 2.93. The summed E-state index contributed by atoms with van der Waals surface area (Å²) in [6.07, 6.45) is 7.46. The Morgan fingerprint density at radius 1 is 1.35 bits per heavy atom. The van der Waals surface area contributed by atoms with Gasteiger partial charge in [-0.3, -0.25) is 0 Å². The van der Waals surface area contributed by atoms with Gasteiger partial charge < -0.3 is 4.42 Å².